The third-order valence-corrected chi connectivity index (χ3v) is 3.16. The number of carbonyl (C=O) groups excluding carboxylic acids is 1. The fourth-order valence-electron chi connectivity index (χ4n) is 1.73. The van der Waals surface area contributed by atoms with Crippen molar-refractivity contribution < 1.29 is 14.7 Å². The van der Waals surface area contributed by atoms with E-state index in [1.165, 1.54) is 0 Å². The Balaban J connectivity index is 3.91. The summed E-state index contributed by atoms with van der Waals surface area (Å²) >= 11 is 0. The first-order chi connectivity index (χ1) is 8.38. The van der Waals surface area contributed by atoms with Gasteiger partial charge in [-0.25, -0.2) is 0 Å². The highest BCUT2D eigenvalue weighted by Gasteiger charge is 2.21. The Labute approximate surface area is 109 Å². The SMILES string of the molecule is CC(CCN)CCC(=O)NCC(C(=O)O)C(C)C. The molecule has 2 atom stereocenters. The summed E-state index contributed by atoms with van der Waals surface area (Å²) in [5.74, 6) is -1.01. The minimum Gasteiger partial charge on any atom is -0.481 e. The summed E-state index contributed by atoms with van der Waals surface area (Å²) < 4.78 is 0. The van der Waals surface area contributed by atoms with Gasteiger partial charge in [0, 0.05) is 13.0 Å². The minimum atomic E-state index is -0.859. The van der Waals surface area contributed by atoms with Gasteiger partial charge >= 0.3 is 5.97 Å². The van der Waals surface area contributed by atoms with Crippen molar-refractivity contribution in [1.29, 1.82) is 0 Å². The summed E-state index contributed by atoms with van der Waals surface area (Å²) in [5, 5.41) is 11.7. The number of amides is 1. The highest BCUT2D eigenvalue weighted by atomic mass is 16.4. The van der Waals surface area contributed by atoms with E-state index in [0.29, 0.717) is 18.9 Å². The lowest BCUT2D eigenvalue weighted by atomic mass is 9.96. The summed E-state index contributed by atoms with van der Waals surface area (Å²) in [6, 6.07) is 0. The molecule has 0 spiro atoms. The third kappa shape index (κ3) is 7.27. The van der Waals surface area contributed by atoms with Gasteiger partial charge in [0.05, 0.1) is 5.92 Å². The topological polar surface area (TPSA) is 92.4 Å². The van der Waals surface area contributed by atoms with Gasteiger partial charge in [-0.1, -0.05) is 20.8 Å². The Morgan fingerprint density at radius 1 is 1.22 bits per heavy atom. The number of carboxylic acid groups (broad SMARTS) is 1. The van der Waals surface area contributed by atoms with Crippen LogP contribution in [0.25, 0.3) is 0 Å². The second-order valence-corrected chi connectivity index (χ2v) is 5.21. The Morgan fingerprint density at radius 3 is 2.28 bits per heavy atom. The van der Waals surface area contributed by atoms with Gasteiger partial charge in [-0.2, -0.15) is 0 Å². The molecule has 0 aromatic carbocycles. The van der Waals surface area contributed by atoms with E-state index in [0.717, 1.165) is 12.8 Å². The van der Waals surface area contributed by atoms with Gasteiger partial charge in [0.25, 0.3) is 0 Å². The molecule has 0 aliphatic carbocycles. The van der Waals surface area contributed by atoms with Gasteiger partial charge < -0.3 is 16.2 Å². The van der Waals surface area contributed by atoms with E-state index in [-0.39, 0.29) is 18.4 Å². The molecule has 106 valence electrons. The highest BCUT2D eigenvalue weighted by Crippen LogP contribution is 2.11. The number of hydrogen-bond donors (Lipinski definition) is 3. The maximum atomic E-state index is 11.6. The van der Waals surface area contributed by atoms with E-state index in [2.05, 4.69) is 12.2 Å². The summed E-state index contributed by atoms with van der Waals surface area (Å²) in [6.45, 7) is 6.59. The van der Waals surface area contributed by atoms with Crippen molar-refractivity contribution in [2.75, 3.05) is 13.1 Å². The highest BCUT2D eigenvalue weighted by molar-refractivity contribution is 5.77. The van der Waals surface area contributed by atoms with Gasteiger partial charge in [-0.05, 0) is 31.2 Å². The molecule has 4 N–H and O–H groups in total. The molecule has 0 fully saturated rings. The molecule has 5 heteroatoms. The number of hydrogen-bond acceptors (Lipinski definition) is 3. The molecule has 0 aromatic heterocycles. The largest absolute Gasteiger partial charge is 0.481 e. The second kappa shape index (κ2) is 8.91. The number of nitrogens with one attached hydrogen (secondary N) is 1. The number of nitrogens with two attached hydrogens (primary N) is 1. The van der Waals surface area contributed by atoms with Crippen LogP contribution in [0.15, 0.2) is 0 Å². The molecule has 0 aliphatic rings. The van der Waals surface area contributed by atoms with E-state index in [1.807, 2.05) is 13.8 Å². The summed E-state index contributed by atoms with van der Waals surface area (Å²) in [5.41, 5.74) is 5.43. The first kappa shape index (κ1) is 16.9. The van der Waals surface area contributed by atoms with E-state index in [9.17, 15) is 9.59 Å². The van der Waals surface area contributed by atoms with Crippen LogP contribution in [0.1, 0.15) is 40.0 Å². The van der Waals surface area contributed by atoms with Crippen LogP contribution in [0, 0.1) is 17.8 Å². The van der Waals surface area contributed by atoms with Crippen LogP contribution in [0.3, 0.4) is 0 Å². The monoisotopic (exact) mass is 258 g/mol. The lowest BCUT2D eigenvalue weighted by Gasteiger charge is -2.17. The van der Waals surface area contributed by atoms with Crippen LogP contribution in [0.4, 0.5) is 0 Å². The van der Waals surface area contributed by atoms with Crippen molar-refractivity contribution in [3.63, 3.8) is 0 Å². The Hall–Kier alpha value is -1.10. The van der Waals surface area contributed by atoms with Crippen molar-refractivity contribution in [2.24, 2.45) is 23.5 Å². The minimum absolute atomic E-state index is 0.0129. The second-order valence-electron chi connectivity index (χ2n) is 5.21. The average molecular weight is 258 g/mol. The molecule has 0 bridgehead atoms. The van der Waals surface area contributed by atoms with Gasteiger partial charge in [-0.15, -0.1) is 0 Å². The number of rotatable bonds is 9. The van der Waals surface area contributed by atoms with Crippen LogP contribution < -0.4 is 11.1 Å². The van der Waals surface area contributed by atoms with E-state index >= 15 is 0 Å². The zero-order valence-electron chi connectivity index (χ0n) is 11.6. The van der Waals surface area contributed by atoms with E-state index < -0.39 is 11.9 Å². The van der Waals surface area contributed by atoms with Gasteiger partial charge in [-0.3, -0.25) is 9.59 Å². The maximum Gasteiger partial charge on any atom is 0.308 e. The van der Waals surface area contributed by atoms with Crippen LogP contribution in [-0.2, 0) is 9.59 Å². The molecule has 0 aromatic rings. The van der Waals surface area contributed by atoms with Gasteiger partial charge in [0.15, 0.2) is 0 Å². The predicted octanol–water partition coefficient (Wildman–Crippen LogP) is 1.22. The van der Waals surface area contributed by atoms with Gasteiger partial charge in [0.1, 0.15) is 0 Å². The molecule has 0 radical (unpaired) electrons. The molecule has 1 amide bonds. The first-order valence-electron chi connectivity index (χ1n) is 6.58. The Kier molecular flexibility index (Phi) is 8.37. The fourth-order valence-corrected chi connectivity index (χ4v) is 1.73. The van der Waals surface area contributed by atoms with E-state index in [4.69, 9.17) is 10.8 Å². The molecular weight excluding hydrogens is 232 g/mol. The van der Waals surface area contributed by atoms with Crippen LogP contribution in [0.2, 0.25) is 0 Å². The Bertz CT molecular complexity index is 267. The molecule has 0 aliphatic heterocycles. The van der Waals surface area contributed by atoms with Crippen molar-refractivity contribution in [2.45, 2.75) is 40.0 Å². The summed E-state index contributed by atoms with van der Waals surface area (Å²) in [4.78, 5) is 22.5. The quantitative estimate of drug-likeness (QED) is 0.580. The number of carbonyl (C=O) groups is 2. The maximum absolute atomic E-state index is 11.6. The molecule has 5 nitrogen and oxygen atoms in total. The normalized spacial score (nSPS) is 14.3. The van der Waals surface area contributed by atoms with E-state index in [1.54, 1.807) is 0 Å². The lowest BCUT2D eigenvalue weighted by molar-refractivity contribution is -0.143. The molecule has 18 heavy (non-hydrogen) atoms. The molecule has 2 unspecified atom stereocenters. The smallest absolute Gasteiger partial charge is 0.308 e. The molecular formula is C13H26N2O3. The zero-order valence-corrected chi connectivity index (χ0v) is 11.6. The summed E-state index contributed by atoms with van der Waals surface area (Å²) in [7, 11) is 0. The van der Waals surface area contributed by atoms with Gasteiger partial charge in [0.2, 0.25) is 5.91 Å². The van der Waals surface area contributed by atoms with Crippen molar-refractivity contribution in [3.05, 3.63) is 0 Å². The van der Waals surface area contributed by atoms with Crippen molar-refractivity contribution in [1.82, 2.24) is 5.32 Å². The number of aliphatic carboxylic acids is 1. The van der Waals surface area contributed by atoms with Crippen LogP contribution >= 0.6 is 0 Å². The lowest BCUT2D eigenvalue weighted by Crippen LogP contribution is -2.35. The van der Waals surface area contributed by atoms with Crippen molar-refractivity contribution in [3.8, 4) is 0 Å². The van der Waals surface area contributed by atoms with Crippen LogP contribution in [0.5, 0.6) is 0 Å². The molecule has 0 saturated heterocycles. The fraction of sp³-hybridized carbons (Fsp3) is 0.846. The standard InChI is InChI=1S/C13H26N2O3/c1-9(2)11(13(17)18)8-15-12(16)5-4-10(3)6-7-14/h9-11H,4-8,14H2,1-3H3,(H,15,16)(H,17,18). The summed E-state index contributed by atoms with van der Waals surface area (Å²) in [6.07, 6.45) is 2.14. The first-order valence-corrected chi connectivity index (χ1v) is 6.58. The number of carboxylic acids is 1. The molecule has 0 heterocycles. The van der Waals surface area contributed by atoms with Crippen molar-refractivity contribution >= 4 is 11.9 Å². The zero-order chi connectivity index (χ0) is 14.1. The third-order valence-electron chi connectivity index (χ3n) is 3.16. The Morgan fingerprint density at radius 2 is 1.83 bits per heavy atom. The molecule has 0 saturated carbocycles. The average Bonchev–Trinajstić information content (AvgIpc) is 2.26. The molecule has 0 rings (SSSR count). The predicted molar refractivity (Wildman–Crippen MR) is 71.0 cm³/mol. The van der Waals surface area contributed by atoms with Crippen LogP contribution in [-0.4, -0.2) is 30.1 Å².